The fourth-order valence-electron chi connectivity index (χ4n) is 8.65. The number of nitrogens with zero attached hydrogens (tertiary/aromatic N) is 7. The summed E-state index contributed by atoms with van der Waals surface area (Å²) in [6, 6.07) is 8.92. The molecule has 1 unspecified atom stereocenters. The first-order chi connectivity index (χ1) is 27.4. The van der Waals surface area contributed by atoms with E-state index in [9.17, 15) is 28.8 Å². The molecule has 9 rings (SSSR count). The number of alkyl halides is 1. The zero-order valence-electron chi connectivity index (χ0n) is 31.4. The Balaban J connectivity index is 0.809. The third kappa shape index (κ3) is 6.44. The summed E-state index contributed by atoms with van der Waals surface area (Å²) in [6.45, 7) is 5.78. The Kier molecular flexibility index (Phi) is 8.79. The lowest BCUT2D eigenvalue weighted by atomic mass is 9.92. The number of carbonyl (C=O) groups is 6. The highest BCUT2D eigenvalue weighted by molar-refractivity contribution is 6.23. The SMILES string of the molecule is CC(C)Oc1cc2c(cc1NC(=O)c1cnn3cccnc13)CN(C1CCN(CC3(F)CN(c4ccc5c(c4)C(=O)N(C4CCC(=O)NC4=O)C5=O)C3)CC1)C2=O. The van der Waals surface area contributed by atoms with Crippen LogP contribution in [0.3, 0.4) is 0 Å². The lowest BCUT2D eigenvalue weighted by Gasteiger charge is -2.49. The first-order valence-electron chi connectivity index (χ1n) is 19.1. The number of ether oxygens (including phenoxy) is 1. The van der Waals surface area contributed by atoms with E-state index in [2.05, 4.69) is 25.6 Å². The number of amides is 6. The number of piperidine rings is 2. The van der Waals surface area contributed by atoms with Gasteiger partial charge in [-0.1, -0.05) is 0 Å². The highest BCUT2D eigenvalue weighted by atomic mass is 19.1. The van der Waals surface area contributed by atoms with Crippen molar-refractivity contribution >= 4 is 52.5 Å². The van der Waals surface area contributed by atoms with Gasteiger partial charge in [-0.15, -0.1) is 0 Å². The molecule has 0 radical (unpaired) electrons. The Morgan fingerprint density at radius 2 is 1.77 bits per heavy atom. The van der Waals surface area contributed by atoms with E-state index in [0.29, 0.717) is 66.4 Å². The molecular weight excluding hydrogens is 737 g/mol. The Morgan fingerprint density at radius 1 is 1.00 bits per heavy atom. The molecule has 0 aliphatic carbocycles. The molecule has 0 spiro atoms. The molecule has 2 aromatic carbocycles. The average molecular weight is 778 g/mol. The summed E-state index contributed by atoms with van der Waals surface area (Å²) in [5.41, 5.74) is 1.94. The molecular formula is C40H40FN9O7. The average Bonchev–Trinajstić information content (AvgIpc) is 3.82. The van der Waals surface area contributed by atoms with Gasteiger partial charge in [-0.3, -0.25) is 43.9 Å². The largest absolute Gasteiger partial charge is 0.489 e. The van der Waals surface area contributed by atoms with Crippen LogP contribution in [-0.2, 0) is 16.1 Å². The van der Waals surface area contributed by atoms with Gasteiger partial charge >= 0.3 is 0 Å². The molecule has 2 aromatic heterocycles. The maximum Gasteiger partial charge on any atom is 0.262 e. The zero-order valence-corrected chi connectivity index (χ0v) is 31.4. The second kappa shape index (κ2) is 13.8. The third-order valence-electron chi connectivity index (χ3n) is 11.4. The topological polar surface area (TPSA) is 179 Å². The van der Waals surface area contributed by atoms with Crippen molar-refractivity contribution in [1.29, 1.82) is 0 Å². The fraction of sp³-hybridized carbons (Fsp3) is 0.400. The van der Waals surface area contributed by atoms with Crippen LogP contribution >= 0.6 is 0 Å². The van der Waals surface area contributed by atoms with Crippen molar-refractivity contribution in [2.45, 2.75) is 69.9 Å². The van der Waals surface area contributed by atoms with Crippen LogP contribution in [0.5, 0.6) is 5.75 Å². The molecule has 57 heavy (non-hydrogen) atoms. The van der Waals surface area contributed by atoms with Crippen molar-refractivity contribution in [1.82, 2.24) is 34.6 Å². The number of nitrogens with one attached hydrogen (secondary N) is 2. The van der Waals surface area contributed by atoms with Crippen molar-refractivity contribution in [3.8, 4) is 5.75 Å². The molecule has 3 saturated heterocycles. The van der Waals surface area contributed by atoms with E-state index in [4.69, 9.17) is 4.74 Å². The van der Waals surface area contributed by atoms with Gasteiger partial charge < -0.3 is 19.9 Å². The minimum Gasteiger partial charge on any atom is -0.489 e. The van der Waals surface area contributed by atoms with E-state index in [1.807, 2.05) is 23.6 Å². The van der Waals surface area contributed by atoms with Gasteiger partial charge in [0.1, 0.15) is 17.4 Å². The van der Waals surface area contributed by atoms with Crippen LogP contribution in [0.25, 0.3) is 5.65 Å². The third-order valence-corrected chi connectivity index (χ3v) is 11.4. The Hall–Kier alpha value is -6.23. The van der Waals surface area contributed by atoms with Gasteiger partial charge in [0.15, 0.2) is 11.3 Å². The van der Waals surface area contributed by atoms with Gasteiger partial charge in [-0.05, 0) is 75.1 Å². The number of likely N-dealkylation sites (tertiary alicyclic amines) is 1. The number of anilines is 2. The molecule has 5 aliphatic heterocycles. The summed E-state index contributed by atoms with van der Waals surface area (Å²) < 4.78 is 23.7. The number of imide groups is 2. The molecule has 4 aromatic rings. The molecule has 2 N–H and O–H groups in total. The van der Waals surface area contributed by atoms with E-state index >= 15 is 4.39 Å². The molecule has 1 atom stereocenters. The van der Waals surface area contributed by atoms with Crippen molar-refractivity contribution in [3.05, 3.63) is 82.8 Å². The molecule has 0 saturated carbocycles. The minimum atomic E-state index is -1.49. The van der Waals surface area contributed by atoms with Gasteiger partial charge in [0.25, 0.3) is 23.6 Å². The molecule has 294 valence electrons. The summed E-state index contributed by atoms with van der Waals surface area (Å²) >= 11 is 0. The monoisotopic (exact) mass is 777 g/mol. The van der Waals surface area contributed by atoms with Crippen LogP contribution in [0.15, 0.2) is 55.0 Å². The van der Waals surface area contributed by atoms with E-state index in [-0.39, 0.29) is 61.7 Å². The molecule has 17 heteroatoms. The molecule has 7 heterocycles. The predicted molar refractivity (Wildman–Crippen MR) is 202 cm³/mol. The van der Waals surface area contributed by atoms with E-state index in [0.717, 1.165) is 10.5 Å². The highest BCUT2D eigenvalue weighted by Gasteiger charge is 2.48. The number of rotatable bonds is 9. The van der Waals surface area contributed by atoms with E-state index in [1.54, 1.807) is 42.7 Å². The summed E-state index contributed by atoms with van der Waals surface area (Å²) in [7, 11) is 0. The van der Waals surface area contributed by atoms with Crippen LogP contribution in [0.4, 0.5) is 15.8 Å². The molecule has 5 aliphatic rings. The molecule has 16 nitrogen and oxygen atoms in total. The number of carbonyl (C=O) groups excluding carboxylic acids is 6. The standard InChI is InChI=1S/C40H40FN9O7/c1-22(2)57-32-16-27-23(14-30(32)44-35(52)29-17-43-49-11-3-10-42-34(29)49)18-48(37(27)54)24-8-12-46(13-9-24)19-40(41)20-47(21-40)25-4-5-26-28(15-25)39(56)50(38(26)55)31-6-7-33(51)45-36(31)53/h3-5,10-11,14-17,22,24,31H,6-9,12-13,18-21H2,1-2H3,(H,44,52)(H,45,51,53). The van der Waals surface area contributed by atoms with Crippen LogP contribution < -0.4 is 20.3 Å². The number of aromatic nitrogens is 3. The summed E-state index contributed by atoms with van der Waals surface area (Å²) in [6.07, 6.45) is 5.99. The Bertz CT molecular complexity index is 2380. The van der Waals surface area contributed by atoms with Crippen LogP contribution in [0.2, 0.25) is 0 Å². The second-order valence-electron chi connectivity index (χ2n) is 15.7. The Labute approximate surface area is 325 Å². The van der Waals surface area contributed by atoms with Gasteiger partial charge in [0.2, 0.25) is 11.8 Å². The van der Waals surface area contributed by atoms with Crippen LogP contribution in [0, 0.1) is 0 Å². The first-order valence-corrected chi connectivity index (χ1v) is 19.1. The lowest BCUT2D eigenvalue weighted by Crippen LogP contribution is -2.64. The van der Waals surface area contributed by atoms with Gasteiger partial charge in [0.05, 0.1) is 42.2 Å². The quantitative estimate of drug-likeness (QED) is 0.239. The van der Waals surface area contributed by atoms with Crippen molar-refractivity contribution in [2.75, 3.05) is 42.9 Å². The normalized spacial score (nSPS) is 20.9. The highest BCUT2D eigenvalue weighted by Crippen LogP contribution is 2.39. The number of hydrogen-bond donors (Lipinski definition) is 2. The van der Waals surface area contributed by atoms with Crippen LogP contribution in [-0.4, -0.2) is 121 Å². The zero-order chi connectivity index (χ0) is 39.7. The number of fused-ring (bicyclic) bond motifs is 3. The Morgan fingerprint density at radius 3 is 2.53 bits per heavy atom. The van der Waals surface area contributed by atoms with Crippen molar-refractivity contribution in [2.24, 2.45) is 0 Å². The number of benzene rings is 2. The second-order valence-corrected chi connectivity index (χ2v) is 15.7. The summed E-state index contributed by atoms with van der Waals surface area (Å²) in [5.74, 6) is -2.41. The molecule has 6 amide bonds. The van der Waals surface area contributed by atoms with Gasteiger partial charge in [-0.2, -0.15) is 5.10 Å². The smallest absolute Gasteiger partial charge is 0.262 e. The molecule has 0 bridgehead atoms. The lowest BCUT2D eigenvalue weighted by molar-refractivity contribution is -0.136. The first kappa shape index (κ1) is 36.4. The molecule has 3 fully saturated rings. The van der Waals surface area contributed by atoms with E-state index < -0.39 is 41.2 Å². The number of halogens is 1. The van der Waals surface area contributed by atoms with E-state index in [1.165, 1.54) is 16.8 Å². The fourth-order valence-corrected chi connectivity index (χ4v) is 8.65. The van der Waals surface area contributed by atoms with Crippen LogP contribution in [0.1, 0.15) is 86.5 Å². The maximum absolute atomic E-state index is 16.1. The number of hydrogen-bond acceptors (Lipinski definition) is 11. The predicted octanol–water partition coefficient (Wildman–Crippen LogP) is 2.82. The minimum absolute atomic E-state index is 0.0348. The van der Waals surface area contributed by atoms with Gasteiger partial charge in [-0.25, -0.2) is 13.9 Å². The van der Waals surface area contributed by atoms with Crippen molar-refractivity contribution < 1.29 is 37.9 Å². The summed E-state index contributed by atoms with van der Waals surface area (Å²) in [4.78, 5) is 88.5. The van der Waals surface area contributed by atoms with Gasteiger partial charge in [0, 0.05) is 62.3 Å². The van der Waals surface area contributed by atoms with Crippen molar-refractivity contribution in [3.63, 3.8) is 0 Å². The maximum atomic E-state index is 16.1. The summed E-state index contributed by atoms with van der Waals surface area (Å²) in [5, 5.41) is 9.35.